The Kier molecular flexibility index (Phi) is 4.02. The smallest absolute Gasteiger partial charge is 0.222 e. The van der Waals surface area contributed by atoms with E-state index in [-0.39, 0.29) is 5.91 Å². The molecule has 21 heavy (non-hydrogen) atoms. The Bertz CT molecular complexity index is 702. The van der Waals surface area contributed by atoms with Crippen LogP contribution in [0.15, 0.2) is 30.5 Å². The molecule has 2 aromatic rings. The first-order valence-electron chi connectivity index (χ1n) is 7.43. The third-order valence-corrected chi connectivity index (χ3v) is 4.35. The highest BCUT2D eigenvalue weighted by Crippen LogP contribution is 2.32. The lowest BCUT2D eigenvalue weighted by atomic mass is 9.98. The molecule has 0 saturated heterocycles. The minimum absolute atomic E-state index is 0.259. The van der Waals surface area contributed by atoms with E-state index in [0.29, 0.717) is 13.0 Å². The molecule has 0 radical (unpaired) electrons. The third kappa shape index (κ3) is 2.70. The van der Waals surface area contributed by atoms with Gasteiger partial charge in [-0.2, -0.15) is 0 Å². The summed E-state index contributed by atoms with van der Waals surface area (Å²) in [4.78, 5) is 17.1. The van der Waals surface area contributed by atoms with E-state index in [1.165, 1.54) is 11.1 Å². The lowest BCUT2D eigenvalue weighted by Crippen LogP contribution is -2.34. The summed E-state index contributed by atoms with van der Waals surface area (Å²) >= 11 is 6.21. The van der Waals surface area contributed by atoms with E-state index in [4.69, 9.17) is 11.6 Å². The van der Waals surface area contributed by atoms with Crippen LogP contribution in [0, 0.1) is 0 Å². The Labute approximate surface area is 129 Å². The number of nitrogens with one attached hydrogen (secondary N) is 1. The lowest BCUT2D eigenvalue weighted by molar-refractivity contribution is -0.130. The number of benzene rings is 1. The molecule has 0 atom stereocenters. The van der Waals surface area contributed by atoms with Gasteiger partial charge in [0.05, 0.1) is 10.5 Å². The largest absolute Gasteiger partial charge is 0.359 e. The Morgan fingerprint density at radius 1 is 1.43 bits per heavy atom. The number of hydrogen-bond acceptors (Lipinski definition) is 1. The van der Waals surface area contributed by atoms with Crippen LogP contribution in [0.1, 0.15) is 31.7 Å². The van der Waals surface area contributed by atoms with Crippen molar-refractivity contribution in [3.63, 3.8) is 0 Å². The van der Waals surface area contributed by atoms with Gasteiger partial charge in [-0.15, -0.1) is 0 Å². The van der Waals surface area contributed by atoms with Gasteiger partial charge in [0.2, 0.25) is 5.91 Å². The molecule has 110 valence electrons. The molecule has 1 N–H and O–H groups in total. The quantitative estimate of drug-likeness (QED) is 0.904. The third-order valence-electron chi connectivity index (χ3n) is 4.04. The van der Waals surface area contributed by atoms with Crippen LogP contribution >= 0.6 is 11.6 Å². The molecule has 4 heteroatoms. The van der Waals surface area contributed by atoms with E-state index in [2.05, 4.69) is 17.1 Å². The number of amides is 1. The molecular formula is C17H19ClN2O. The van der Waals surface area contributed by atoms with Crippen LogP contribution < -0.4 is 0 Å². The van der Waals surface area contributed by atoms with Crippen molar-refractivity contribution >= 4 is 34.0 Å². The van der Waals surface area contributed by atoms with Gasteiger partial charge in [0.25, 0.3) is 0 Å². The molecule has 0 unspecified atom stereocenters. The Balaban J connectivity index is 1.85. The molecule has 0 aliphatic carbocycles. The number of rotatable bonds is 3. The first kappa shape index (κ1) is 14.2. The molecule has 3 rings (SSSR count). The molecule has 1 aromatic carbocycles. The minimum Gasteiger partial charge on any atom is -0.359 e. The number of fused-ring (bicyclic) bond motifs is 1. The second-order valence-electron chi connectivity index (χ2n) is 5.43. The normalized spacial score (nSPS) is 15.3. The second kappa shape index (κ2) is 5.94. The molecule has 0 bridgehead atoms. The highest BCUT2D eigenvalue weighted by molar-refractivity contribution is 6.35. The zero-order valence-electron chi connectivity index (χ0n) is 12.2. The van der Waals surface area contributed by atoms with Gasteiger partial charge in [-0.25, -0.2) is 0 Å². The Morgan fingerprint density at radius 2 is 2.29 bits per heavy atom. The standard InChI is InChI=1S/C17H19ClN2O/c1-2-4-16(21)20-9-7-12(8-10-20)14-11-19-17-13(14)5-3-6-15(17)18/h3,5-7,11,19H,2,4,8-10H2,1H3. The van der Waals surface area contributed by atoms with Crippen LogP contribution in [-0.2, 0) is 4.79 Å². The summed E-state index contributed by atoms with van der Waals surface area (Å²) < 4.78 is 0. The highest BCUT2D eigenvalue weighted by Gasteiger charge is 2.19. The van der Waals surface area contributed by atoms with Gasteiger partial charge >= 0.3 is 0 Å². The number of H-pyrrole nitrogens is 1. The minimum atomic E-state index is 0.259. The van der Waals surface area contributed by atoms with Gasteiger partial charge < -0.3 is 9.88 Å². The molecule has 1 aliphatic rings. The first-order chi connectivity index (χ1) is 10.2. The molecule has 0 fully saturated rings. The Morgan fingerprint density at radius 3 is 3.00 bits per heavy atom. The zero-order valence-corrected chi connectivity index (χ0v) is 12.9. The van der Waals surface area contributed by atoms with Crippen molar-refractivity contribution in [2.24, 2.45) is 0 Å². The van der Waals surface area contributed by atoms with Crippen molar-refractivity contribution in [3.05, 3.63) is 41.1 Å². The van der Waals surface area contributed by atoms with Crippen molar-refractivity contribution in [1.29, 1.82) is 0 Å². The van der Waals surface area contributed by atoms with E-state index >= 15 is 0 Å². The fourth-order valence-corrected chi connectivity index (χ4v) is 3.12. The predicted octanol–water partition coefficient (Wildman–Crippen LogP) is 4.24. The van der Waals surface area contributed by atoms with Crippen LogP contribution in [0.3, 0.4) is 0 Å². The summed E-state index contributed by atoms with van der Waals surface area (Å²) in [5.74, 6) is 0.259. The molecule has 1 aromatic heterocycles. The zero-order chi connectivity index (χ0) is 14.8. The molecule has 1 aliphatic heterocycles. The number of carbonyl (C=O) groups is 1. The number of halogens is 1. The number of aromatic nitrogens is 1. The summed E-state index contributed by atoms with van der Waals surface area (Å²) in [5.41, 5.74) is 3.48. The average Bonchev–Trinajstić information content (AvgIpc) is 2.93. The van der Waals surface area contributed by atoms with E-state index < -0.39 is 0 Å². The topological polar surface area (TPSA) is 36.1 Å². The van der Waals surface area contributed by atoms with Gasteiger partial charge in [-0.3, -0.25) is 4.79 Å². The summed E-state index contributed by atoms with van der Waals surface area (Å²) in [6.07, 6.45) is 6.64. The Hall–Kier alpha value is -1.74. The van der Waals surface area contributed by atoms with Gasteiger partial charge in [-0.05, 0) is 24.5 Å². The maximum absolute atomic E-state index is 11.9. The SMILES string of the molecule is CCCC(=O)N1CC=C(c2c[nH]c3c(Cl)cccc23)CC1. The number of carbonyl (C=O) groups excluding carboxylic acids is 1. The first-order valence-corrected chi connectivity index (χ1v) is 7.81. The maximum atomic E-state index is 11.9. The molecule has 3 nitrogen and oxygen atoms in total. The lowest BCUT2D eigenvalue weighted by Gasteiger charge is -2.26. The summed E-state index contributed by atoms with van der Waals surface area (Å²) in [5, 5.41) is 1.90. The van der Waals surface area contributed by atoms with E-state index in [9.17, 15) is 4.79 Å². The monoisotopic (exact) mass is 302 g/mol. The van der Waals surface area contributed by atoms with Crippen LogP contribution in [0.25, 0.3) is 16.5 Å². The van der Waals surface area contributed by atoms with Crippen LogP contribution in [0.5, 0.6) is 0 Å². The van der Waals surface area contributed by atoms with Crippen LogP contribution in [-0.4, -0.2) is 28.9 Å². The van der Waals surface area contributed by atoms with Gasteiger partial charge in [-0.1, -0.05) is 36.7 Å². The van der Waals surface area contributed by atoms with Crippen LogP contribution in [0.4, 0.5) is 0 Å². The molecule has 0 spiro atoms. The van der Waals surface area contributed by atoms with Crippen molar-refractivity contribution < 1.29 is 4.79 Å². The molecular weight excluding hydrogens is 284 g/mol. The van der Waals surface area contributed by atoms with Crippen molar-refractivity contribution in [1.82, 2.24) is 9.88 Å². The number of hydrogen-bond donors (Lipinski definition) is 1. The van der Waals surface area contributed by atoms with Crippen molar-refractivity contribution in [2.75, 3.05) is 13.1 Å². The fourth-order valence-electron chi connectivity index (χ4n) is 2.90. The van der Waals surface area contributed by atoms with E-state index in [0.717, 1.165) is 35.3 Å². The summed E-state index contributed by atoms with van der Waals surface area (Å²) in [7, 11) is 0. The maximum Gasteiger partial charge on any atom is 0.222 e. The molecule has 1 amide bonds. The van der Waals surface area contributed by atoms with Crippen molar-refractivity contribution in [2.45, 2.75) is 26.2 Å². The van der Waals surface area contributed by atoms with Gasteiger partial charge in [0, 0.05) is 36.7 Å². The second-order valence-corrected chi connectivity index (χ2v) is 5.84. The molecule has 0 saturated carbocycles. The van der Waals surface area contributed by atoms with Crippen LogP contribution in [0.2, 0.25) is 5.02 Å². The van der Waals surface area contributed by atoms with Gasteiger partial charge in [0.1, 0.15) is 0 Å². The van der Waals surface area contributed by atoms with E-state index in [1.807, 2.05) is 30.2 Å². The fraction of sp³-hybridized carbons (Fsp3) is 0.353. The average molecular weight is 303 g/mol. The molecule has 2 heterocycles. The van der Waals surface area contributed by atoms with Crippen molar-refractivity contribution in [3.8, 4) is 0 Å². The number of aromatic amines is 1. The highest BCUT2D eigenvalue weighted by atomic mass is 35.5. The number of nitrogens with zero attached hydrogens (tertiary/aromatic N) is 1. The predicted molar refractivity (Wildman–Crippen MR) is 87.4 cm³/mol. The van der Waals surface area contributed by atoms with E-state index in [1.54, 1.807) is 0 Å². The van der Waals surface area contributed by atoms with Gasteiger partial charge in [0.15, 0.2) is 0 Å². The summed E-state index contributed by atoms with van der Waals surface area (Å²) in [6.45, 7) is 3.55. The summed E-state index contributed by atoms with van der Waals surface area (Å²) in [6, 6.07) is 5.95. The number of para-hydroxylation sites is 1.